The second-order valence-electron chi connectivity index (χ2n) is 3.99. The molecule has 0 aliphatic carbocycles. The average Bonchev–Trinajstić information content (AvgIpc) is 2.69. The van der Waals surface area contributed by atoms with Crippen LogP contribution in [0.5, 0.6) is 0 Å². The molecule has 0 aromatic rings. The molecule has 1 unspecified atom stereocenters. The van der Waals surface area contributed by atoms with E-state index in [1.54, 1.807) is 0 Å². The van der Waals surface area contributed by atoms with Crippen LogP contribution >= 0.6 is 0 Å². The molecule has 1 atom stereocenters. The van der Waals surface area contributed by atoms with Gasteiger partial charge >= 0.3 is 0 Å². The maximum Gasteiger partial charge on any atom is 0.191 e. The summed E-state index contributed by atoms with van der Waals surface area (Å²) in [7, 11) is 0. The van der Waals surface area contributed by atoms with E-state index in [1.807, 2.05) is 4.90 Å². The second kappa shape index (κ2) is 6.98. The van der Waals surface area contributed by atoms with E-state index in [0.717, 1.165) is 26.2 Å². The van der Waals surface area contributed by atoms with Crippen molar-refractivity contribution in [3.63, 3.8) is 0 Å². The van der Waals surface area contributed by atoms with Gasteiger partial charge in [0.15, 0.2) is 5.96 Å². The third-order valence-corrected chi connectivity index (χ3v) is 3.11. The van der Waals surface area contributed by atoms with Gasteiger partial charge in [0.1, 0.15) is 0 Å². The first kappa shape index (κ1) is 13.6. The normalized spacial score (nSPS) is 19.4. The number of aliphatic imine (C=N–C) groups is 1. The predicted molar refractivity (Wildman–Crippen MR) is 68.8 cm³/mol. The van der Waals surface area contributed by atoms with E-state index >= 15 is 0 Å². The Morgan fingerprint density at radius 3 is 2.88 bits per heavy atom. The minimum atomic E-state index is 0.126. The van der Waals surface area contributed by atoms with Gasteiger partial charge in [0.25, 0.3) is 0 Å². The number of nitrogens with zero attached hydrogens (tertiary/aromatic N) is 6. The molecule has 0 radical (unpaired) electrons. The lowest BCUT2D eigenvalue weighted by Crippen LogP contribution is -2.46. The summed E-state index contributed by atoms with van der Waals surface area (Å²) in [6.45, 7) is 9.19. The smallest absolute Gasteiger partial charge is 0.191 e. The highest BCUT2D eigenvalue weighted by molar-refractivity contribution is 5.80. The van der Waals surface area contributed by atoms with Crippen molar-refractivity contribution in [1.29, 1.82) is 0 Å². The molecule has 0 bridgehead atoms. The van der Waals surface area contributed by atoms with Crippen molar-refractivity contribution in [2.24, 2.45) is 15.8 Å². The minimum absolute atomic E-state index is 0.126. The van der Waals surface area contributed by atoms with Gasteiger partial charge in [0.05, 0.1) is 12.6 Å². The van der Waals surface area contributed by atoms with Crippen LogP contribution in [-0.4, -0.2) is 61.1 Å². The fourth-order valence-corrected chi connectivity index (χ4v) is 1.95. The van der Waals surface area contributed by atoms with Crippen LogP contribution in [0.2, 0.25) is 0 Å². The molecule has 1 aliphatic rings. The first-order valence-electron chi connectivity index (χ1n) is 6.02. The zero-order valence-corrected chi connectivity index (χ0v) is 10.6. The molecule has 1 rings (SSSR count). The van der Waals surface area contributed by atoms with Crippen LogP contribution in [0, 0.1) is 0 Å². The van der Waals surface area contributed by atoms with Crippen LogP contribution < -0.4 is 5.73 Å². The molecule has 17 heavy (non-hydrogen) atoms. The summed E-state index contributed by atoms with van der Waals surface area (Å²) in [6, 6.07) is 0.126. The average molecular weight is 239 g/mol. The van der Waals surface area contributed by atoms with Gasteiger partial charge in [-0.1, -0.05) is 19.0 Å². The minimum Gasteiger partial charge on any atom is -0.370 e. The maximum absolute atomic E-state index is 8.34. The molecule has 0 aromatic carbocycles. The van der Waals surface area contributed by atoms with E-state index < -0.39 is 0 Å². The lowest BCUT2D eigenvalue weighted by atomic mass is 10.2. The largest absolute Gasteiger partial charge is 0.370 e. The molecule has 0 saturated heterocycles. The first-order valence-corrected chi connectivity index (χ1v) is 6.02. The Labute approximate surface area is 102 Å². The summed E-state index contributed by atoms with van der Waals surface area (Å²) < 4.78 is 0. The van der Waals surface area contributed by atoms with Gasteiger partial charge in [-0.3, -0.25) is 4.99 Å². The van der Waals surface area contributed by atoms with E-state index in [-0.39, 0.29) is 6.04 Å². The molecule has 0 saturated carbocycles. The standard InChI is InChI=1S/C10H21N7/c1-3-16(4-2)5-6-17-9(8-14-15-12)7-13-10(17)11/h9H,3-8H2,1-2H3,(H2,11,13). The molecular formula is C10H21N7. The van der Waals surface area contributed by atoms with E-state index in [9.17, 15) is 0 Å². The van der Waals surface area contributed by atoms with E-state index in [4.69, 9.17) is 11.3 Å². The zero-order chi connectivity index (χ0) is 12.7. The lowest BCUT2D eigenvalue weighted by Gasteiger charge is -2.28. The van der Waals surface area contributed by atoms with Crippen molar-refractivity contribution in [2.45, 2.75) is 19.9 Å². The Kier molecular flexibility index (Phi) is 5.59. The summed E-state index contributed by atoms with van der Waals surface area (Å²) in [6.07, 6.45) is 0. The van der Waals surface area contributed by atoms with Gasteiger partial charge in [-0.2, -0.15) is 0 Å². The van der Waals surface area contributed by atoms with Crippen LogP contribution in [0.1, 0.15) is 13.8 Å². The van der Waals surface area contributed by atoms with E-state index in [1.165, 1.54) is 0 Å². The third-order valence-electron chi connectivity index (χ3n) is 3.11. The molecule has 96 valence electrons. The summed E-state index contributed by atoms with van der Waals surface area (Å²) in [5, 5.41) is 3.60. The Balaban J connectivity index is 2.47. The highest BCUT2D eigenvalue weighted by atomic mass is 15.3. The number of azide groups is 1. The number of likely N-dealkylation sites (N-methyl/N-ethyl adjacent to an activating group) is 1. The molecule has 1 aliphatic heterocycles. The summed E-state index contributed by atoms with van der Waals surface area (Å²) in [5.41, 5.74) is 14.2. The molecule has 0 aromatic heterocycles. The van der Waals surface area contributed by atoms with Crippen LogP contribution in [0.4, 0.5) is 0 Å². The molecule has 7 nitrogen and oxygen atoms in total. The predicted octanol–water partition coefficient (Wildman–Crippen LogP) is 0.637. The summed E-state index contributed by atoms with van der Waals surface area (Å²) in [5.74, 6) is 0.565. The lowest BCUT2D eigenvalue weighted by molar-refractivity contribution is 0.249. The Bertz CT molecular complexity index is 304. The Hall–Kier alpha value is -1.46. The number of hydrogen-bond acceptors (Lipinski definition) is 5. The quantitative estimate of drug-likeness (QED) is 0.401. The number of nitrogens with two attached hydrogens (primary N) is 1. The van der Waals surface area contributed by atoms with Crippen molar-refractivity contribution < 1.29 is 0 Å². The van der Waals surface area contributed by atoms with Gasteiger partial charge < -0.3 is 15.5 Å². The van der Waals surface area contributed by atoms with Crippen molar-refractivity contribution in [3.8, 4) is 0 Å². The summed E-state index contributed by atoms with van der Waals surface area (Å²) >= 11 is 0. The molecule has 7 heteroatoms. The zero-order valence-electron chi connectivity index (χ0n) is 10.6. The topological polar surface area (TPSA) is 93.6 Å². The highest BCUT2D eigenvalue weighted by Gasteiger charge is 2.25. The van der Waals surface area contributed by atoms with Crippen LogP contribution in [0.15, 0.2) is 10.1 Å². The van der Waals surface area contributed by atoms with Crippen molar-refractivity contribution >= 4 is 5.96 Å². The molecule has 2 N–H and O–H groups in total. The van der Waals surface area contributed by atoms with Crippen LogP contribution in [0.3, 0.4) is 0 Å². The first-order chi connectivity index (χ1) is 8.22. The highest BCUT2D eigenvalue weighted by Crippen LogP contribution is 2.09. The third kappa shape index (κ3) is 3.80. The molecule has 0 spiro atoms. The monoisotopic (exact) mass is 239 g/mol. The van der Waals surface area contributed by atoms with Crippen LogP contribution in [0.25, 0.3) is 10.4 Å². The number of guanidine groups is 1. The molecule has 1 heterocycles. The molecular weight excluding hydrogens is 218 g/mol. The number of rotatable bonds is 7. The van der Waals surface area contributed by atoms with Gasteiger partial charge in [-0.05, 0) is 18.6 Å². The van der Waals surface area contributed by atoms with Gasteiger partial charge in [0, 0.05) is 24.5 Å². The van der Waals surface area contributed by atoms with Gasteiger partial charge in [0.2, 0.25) is 0 Å². The fraction of sp³-hybridized carbons (Fsp3) is 0.900. The summed E-state index contributed by atoms with van der Waals surface area (Å²) in [4.78, 5) is 11.3. The van der Waals surface area contributed by atoms with E-state index in [0.29, 0.717) is 19.0 Å². The Morgan fingerprint density at radius 2 is 2.29 bits per heavy atom. The molecule has 0 amide bonds. The number of hydrogen-bond donors (Lipinski definition) is 1. The van der Waals surface area contributed by atoms with Gasteiger partial charge in [-0.25, -0.2) is 0 Å². The van der Waals surface area contributed by atoms with Crippen LogP contribution in [-0.2, 0) is 0 Å². The maximum atomic E-state index is 8.34. The van der Waals surface area contributed by atoms with Crippen molar-refractivity contribution in [2.75, 3.05) is 39.3 Å². The second-order valence-corrected chi connectivity index (χ2v) is 3.99. The SMILES string of the molecule is CCN(CC)CCN1C(N)=NCC1CN=[N+]=[N-]. The van der Waals surface area contributed by atoms with Gasteiger partial charge in [-0.15, -0.1) is 0 Å². The van der Waals surface area contributed by atoms with Crippen molar-refractivity contribution in [3.05, 3.63) is 10.4 Å². The Morgan fingerprint density at radius 1 is 1.59 bits per heavy atom. The van der Waals surface area contributed by atoms with Crippen molar-refractivity contribution in [1.82, 2.24) is 9.80 Å². The fourth-order valence-electron chi connectivity index (χ4n) is 1.95. The molecule has 0 fully saturated rings. The van der Waals surface area contributed by atoms with E-state index in [2.05, 4.69) is 33.8 Å².